The molecule has 1 rings (SSSR count). The number of alkyl halides is 3. The minimum atomic E-state index is -4.92. The van der Waals surface area contributed by atoms with Gasteiger partial charge in [-0.25, -0.2) is 0 Å². The van der Waals surface area contributed by atoms with Gasteiger partial charge >= 0.3 is 6.18 Å². The summed E-state index contributed by atoms with van der Waals surface area (Å²) in [6.45, 7) is 3.15. The number of ketones is 1. The lowest BCUT2D eigenvalue weighted by atomic mass is 9.90. The smallest absolute Gasteiger partial charge is 0.418 e. The number of hydrogen-bond acceptors (Lipinski definition) is 3. The van der Waals surface area contributed by atoms with Crippen LogP contribution in [0.1, 0.15) is 26.7 Å². The zero-order valence-corrected chi connectivity index (χ0v) is 10.1. The average molecular weight is 264 g/mol. The molecule has 0 aliphatic heterocycles. The van der Waals surface area contributed by atoms with Gasteiger partial charge in [-0.15, -0.1) is 0 Å². The Labute approximate surface area is 103 Å². The SMILES string of the molecule is CC1=C(O)C(=O)C(C(O)C(F)(F)F)=CC(C)CC1. The number of halogens is 3. The molecule has 1 aliphatic rings. The van der Waals surface area contributed by atoms with E-state index in [9.17, 15) is 28.2 Å². The van der Waals surface area contributed by atoms with Gasteiger partial charge < -0.3 is 10.2 Å². The molecule has 0 aromatic carbocycles. The average Bonchev–Trinajstić information content (AvgIpc) is 2.28. The number of allylic oxidation sites excluding steroid dienone is 3. The Morgan fingerprint density at radius 3 is 2.50 bits per heavy atom. The highest BCUT2D eigenvalue weighted by Gasteiger charge is 2.44. The first-order chi connectivity index (χ1) is 8.14. The van der Waals surface area contributed by atoms with Crippen molar-refractivity contribution in [2.75, 3.05) is 0 Å². The number of aliphatic hydroxyl groups excluding tert-OH is 2. The highest BCUT2D eigenvalue weighted by atomic mass is 19.4. The van der Waals surface area contributed by atoms with E-state index < -0.39 is 29.4 Å². The van der Waals surface area contributed by atoms with Crippen molar-refractivity contribution in [3.8, 4) is 0 Å². The van der Waals surface area contributed by atoms with Gasteiger partial charge in [-0.2, -0.15) is 13.2 Å². The van der Waals surface area contributed by atoms with Crippen LogP contribution >= 0.6 is 0 Å². The molecule has 102 valence electrons. The molecular formula is C12H15F3O3. The molecule has 0 bridgehead atoms. The summed E-state index contributed by atoms with van der Waals surface area (Å²) in [5.41, 5.74) is -0.460. The number of hydrogen-bond donors (Lipinski definition) is 2. The first kappa shape index (κ1) is 14.8. The molecular weight excluding hydrogens is 249 g/mol. The quantitative estimate of drug-likeness (QED) is 0.765. The summed E-state index contributed by atoms with van der Waals surface area (Å²) in [7, 11) is 0. The lowest BCUT2D eigenvalue weighted by Crippen LogP contribution is -2.35. The summed E-state index contributed by atoms with van der Waals surface area (Å²) in [5.74, 6) is -2.12. The molecule has 0 radical (unpaired) electrons. The van der Waals surface area contributed by atoms with Crippen LogP contribution in [0.4, 0.5) is 13.2 Å². The van der Waals surface area contributed by atoms with E-state index >= 15 is 0 Å². The van der Waals surface area contributed by atoms with Crippen molar-refractivity contribution in [2.45, 2.75) is 39.0 Å². The van der Waals surface area contributed by atoms with Gasteiger partial charge in [0.1, 0.15) is 0 Å². The second-order valence-electron chi connectivity index (χ2n) is 4.54. The normalized spacial score (nSPS) is 24.4. The molecule has 0 heterocycles. The third kappa shape index (κ3) is 3.13. The van der Waals surface area contributed by atoms with Crippen LogP contribution in [-0.4, -0.2) is 28.3 Å². The third-order valence-electron chi connectivity index (χ3n) is 2.92. The van der Waals surface area contributed by atoms with Crippen LogP contribution < -0.4 is 0 Å². The van der Waals surface area contributed by atoms with Gasteiger partial charge in [0.25, 0.3) is 0 Å². The molecule has 6 heteroatoms. The standard InChI is InChI=1S/C12H15F3O3/c1-6-3-4-7(2)9(16)10(17)8(5-6)11(18)12(13,14)15/h5-6,11,16,18H,3-4H2,1-2H3. The molecule has 18 heavy (non-hydrogen) atoms. The highest BCUT2D eigenvalue weighted by molar-refractivity contribution is 6.07. The summed E-state index contributed by atoms with van der Waals surface area (Å²) in [4.78, 5) is 11.7. The van der Waals surface area contributed by atoms with Crippen LogP contribution in [0.15, 0.2) is 23.0 Å². The van der Waals surface area contributed by atoms with Gasteiger partial charge in [0.05, 0.1) is 0 Å². The molecule has 0 fully saturated rings. The largest absolute Gasteiger partial charge is 0.504 e. The van der Waals surface area contributed by atoms with Gasteiger partial charge in [0.15, 0.2) is 11.9 Å². The first-order valence-electron chi connectivity index (χ1n) is 5.54. The number of carbonyl (C=O) groups is 1. The maximum Gasteiger partial charge on any atom is 0.418 e. The summed E-state index contributed by atoms with van der Waals surface area (Å²) in [6.07, 6.45) is -5.75. The van der Waals surface area contributed by atoms with Crippen LogP contribution in [0.25, 0.3) is 0 Å². The minimum absolute atomic E-state index is 0.274. The van der Waals surface area contributed by atoms with Gasteiger partial charge in [0, 0.05) is 5.57 Å². The fourth-order valence-corrected chi connectivity index (χ4v) is 1.75. The van der Waals surface area contributed by atoms with Crippen molar-refractivity contribution >= 4 is 5.78 Å². The first-order valence-corrected chi connectivity index (χ1v) is 5.54. The second kappa shape index (κ2) is 5.14. The van der Waals surface area contributed by atoms with Gasteiger partial charge in [0.2, 0.25) is 5.78 Å². The summed E-state index contributed by atoms with van der Waals surface area (Å²) < 4.78 is 37.4. The lowest BCUT2D eigenvalue weighted by molar-refractivity contribution is -0.192. The van der Waals surface area contributed by atoms with Crippen molar-refractivity contribution in [3.05, 3.63) is 23.0 Å². The molecule has 0 amide bonds. The second-order valence-corrected chi connectivity index (χ2v) is 4.54. The van der Waals surface area contributed by atoms with E-state index in [0.29, 0.717) is 18.4 Å². The Hall–Kier alpha value is -1.30. The van der Waals surface area contributed by atoms with Gasteiger partial charge in [-0.05, 0) is 31.3 Å². The Morgan fingerprint density at radius 1 is 1.44 bits per heavy atom. The van der Waals surface area contributed by atoms with Crippen molar-refractivity contribution < 1.29 is 28.2 Å². The van der Waals surface area contributed by atoms with Crippen molar-refractivity contribution in [1.82, 2.24) is 0 Å². The zero-order valence-electron chi connectivity index (χ0n) is 10.1. The van der Waals surface area contributed by atoms with Crippen molar-refractivity contribution in [1.29, 1.82) is 0 Å². The van der Waals surface area contributed by atoms with Crippen LogP contribution in [0.3, 0.4) is 0 Å². The van der Waals surface area contributed by atoms with E-state index in [1.165, 1.54) is 6.92 Å². The van der Waals surface area contributed by atoms with Crippen LogP contribution in [-0.2, 0) is 4.79 Å². The minimum Gasteiger partial charge on any atom is -0.504 e. The van der Waals surface area contributed by atoms with Crippen LogP contribution in [0, 0.1) is 5.92 Å². The molecule has 2 atom stereocenters. The summed E-state index contributed by atoms with van der Waals surface area (Å²) in [6, 6.07) is 0. The Bertz CT molecular complexity index is 407. The van der Waals surface area contributed by atoms with E-state index in [1.807, 2.05) is 0 Å². The Morgan fingerprint density at radius 2 is 2.00 bits per heavy atom. The van der Waals surface area contributed by atoms with E-state index in [-0.39, 0.29) is 5.92 Å². The molecule has 0 saturated heterocycles. The fraction of sp³-hybridized carbons (Fsp3) is 0.583. The predicted octanol–water partition coefficient (Wildman–Crippen LogP) is 2.67. The molecule has 1 aliphatic carbocycles. The molecule has 0 spiro atoms. The number of Topliss-reactive ketones (excluding diaryl/α,β-unsaturated/α-hetero) is 1. The molecule has 0 saturated carbocycles. The van der Waals surface area contributed by atoms with Gasteiger partial charge in [-0.3, -0.25) is 4.79 Å². The predicted molar refractivity (Wildman–Crippen MR) is 58.9 cm³/mol. The van der Waals surface area contributed by atoms with Gasteiger partial charge in [-0.1, -0.05) is 13.0 Å². The fourth-order valence-electron chi connectivity index (χ4n) is 1.75. The number of rotatable bonds is 1. The number of carbonyl (C=O) groups excluding carboxylic acids is 1. The monoisotopic (exact) mass is 264 g/mol. The summed E-state index contributed by atoms with van der Waals surface area (Å²) in [5, 5.41) is 18.7. The van der Waals surface area contributed by atoms with E-state index in [0.717, 1.165) is 6.08 Å². The molecule has 2 N–H and O–H groups in total. The maximum atomic E-state index is 12.5. The Balaban J connectivity index is 3.21. The topological polar surface area (TPSA) is 57.5 Å². The van der Waals surface area contributed by atoms with Crippen LogP contribution in [0.5, 0.6) is 0 Å². The molecule has 3 nitrogen and oxygen atoms in total. The molecule has 0 aromatic rings. The van der Waals surface area contributed by atoms with Crippen molar-refractivity contribution in [3.63, 3.8) is 0 Å². The van der Waals surface area contributed by atoms with Crippen molar-refractivity contribution in [2.24, 2.45) is 5.92 Å². The zero-order chi connectivity index (χ0) is 14.1. The Kier molecular flexibility index (Phi) is 4.21. The maximum absolute atomic E-state index is 12.5. The highest BCUT2D eigenvalue weighted by Crippen LogP contribution is 2.30. The molecule has 2 unspecified atom stereocenters. The van der Waals surface area contributed by atoms with E-state index in [2.05, 4.69) is 0 Å². The lowest BCUT2D eigenvalue weighted by Gasteiger charge is -2.21. The number of aliphatic hydroxyl groups is 2. The summed E-state index contributed by atoms with van der Waals surface area (Å²) >= 11 is 0. The third-order valence-corrected chi connectivity index (χ3v) is 2.92. The van der Waals surface area contributed by atoms with Crippen LogP contribution in [0.2, 0.25) is 0 Å². The van der Waals surface area contributed by atoms with E-state index in [4.69, 9.17) is 0 Å². The van der Waals surface area contributed by atoms with E-state index in [1.54, 1.807) is 6.92 Å². The molecule has 0 aromatic heterocycles.